The standard InChI is InChI=1S/C17H16BrClO2/c1-17(2)9-11-5-3-8-15(16(11)21-17)20-14-7-4-6-13(19)12(14)10-18/h3-8H,9-10H2,1-2H3. The summed E-state index contributed by atoms with van der Waals surface area (Å²) in [6.45, 7) is 4.17. The van der Waals surface area contributed by atoms with E-state index in [0.717, 1.165) is 29.2 Å². The molecule has 0 saturated heterocycles. The fourth-order valence-corrected chi connectivity index (χ4v) is 3.52. The third-order valence-electron chi connectivity index (χ3n) is 3.48. The van der Waals surface area contributed by atoms with Crippen molar-refractivity contribution in [2.45, 2.75) is 31.2 Å². The lowest BCUT2D eigenvalue weighted by Gasteiger charge is -2.18. The molecule has 21 heavy (non-hydrogen) atoms. The minimum absolute atomic E-state index is 0.186. The molecule has 3 rings (SSSR count). The second-order valence-corrected chi connectivity index (χ2v) is 6.70. The highest BCUT2D eigenvalue weighted by Crippen LogP contribution is 2.44. The summed E-state index contributed by atoms with van der Waals surface area (Å²) in [5.41, 5.74) is 1.93. The first-order valence-electron chi connectivity index (χ1n) is 6.82. The highest BCUT2D eigenvalue weighted by Gasteiger charge is 2.32. The van der Waals surface area contributed by atoms with Gasteiger partial charge in [0.05, 0.1) is 0 Å². The molecule has 0 radical (unpaired) electrons. The van der Waals surface area contributed by atoms with Gasteiger partial charge in [0.2, 0.25) is 0 Å². The maximum absolute atomic E-state index is 6.22. The van der Waals surface area contributed by atoms with Crippen molar-refractivity contribution in [1.29, 1.82) is 0 Å². The Kier molecular flexibility index (Phi) is 3.89. The minimum atomic E-state index is -0.186. The number of para-hydroxylation sites is 1. The van der Waals surface area contributed by atoms with Crippen LogP contribution in [0.1, 0.15) is 25.0 Å². The summed E-state index contributed by atoms with van der Waals surface area (Å²) >= 11 is 9.67. The number of alkyl halides is 1. The van der Waals surface area contributed by atoms with Gasteiger partial charge in [0, 0.05) is 27.9 Å². The van der Waals surface area contributed by atoms with Crippen molar-refractivity contribution in [1.82, 2.24) is 0 Å². The molecule has 0 amide bonds. The van der Waals surface area contributed by atoms with Crippen LogP contribution in [0, 0.1) is 0 Å². The van der Waals surface area contributed by atoms with Gasteiger partial charge in [0.1, 0.15) is 11.4 Å². The number of hydrogen-bond donors (Lipinski definition) is 0. The van der Waals surface area contributed by atoms with E-state index in [9.17, 15) is 0 Å². The quantitative estimate of drug-likeness (QED) is 0.644. The van der Waals surface area contributed by atoms with Crippen LogP contribution in [-0.2, 0) is 11.8 Å². The van der Waals surface area contributed by atoms with Gasteiger partial charge in [-0.15, -0.1) is 0 Å². The maximum atomic E-state index is 6.22. The average molecular weight is 368 g/mol. The highest BCUT2D eigenvalue weighted by molar-refractivity contribution is 9.08. The fraction of sp³-hybridized carbons (Fsp3) is 0.294. The van der Waals surface area contributed by atoms with E-state index in [-0.39, 0.29) is 5.60 Å². The first-order chi connectivity index (χ1) is 10.00. The second kappa shape index (κ2) is 5.54. The zero-order valence-electron chi connectivity index (χ0n) is 12.0. The van der Waals surface area contributed by atoms with E-state index in [0.29, 0.717) is 10.4 Å². The SMILES string of the molecule is CC1(C)Cc2cccc(Oc3cccc(Cl)c3CBr)c2O1. The first-order valence-corrected chi connectivity index (χ1v) is 8.32. The molecular weight excluding hydrogens is 352 g/mol. The molecule has 0 fully saturated rings. The van der Waals surface area contributed by atoms with Crippen molar-refractivity contribution in [2.24, 2.45) is 0 Å². The van der Waals surface area contributed by atoms with Gasteiger partial charge in [-0.2, -0.15) is 0 Å². The average Bonchev–Trinajstić information content (AvgIpc) is 2.74. The molecule has 2 aromatic rings. The molecule has 0 aromatic heterocycles. The third-order valence-corrected chi connectivity index (χ3v) is 4.40. The van der Waals surface area contributed by atoms with Gasteiger partial charge in [0.25, 0.3) is 0 Å². The Morgan fingerprint density at radius 2 is 1.90 bits per heavy atom. The molecule has 2 nitrogen and oxygen atoms in total. The predicted octanol–water partition coefficient (Wildman–Crippen LogP) is 5.74. The molecule has 0 atom stereocenters. The molecule has 0 aliphatic carbocycles. The highest BCUT2D eigenvalue weighted by atomic mass is 79.9. The Labute approximate surface area is 138 Å². The smallest absolute Gasteiger partial charge is 0.169 e. The van der Waals surface area contributed by atoms with Crippen LogP contribution in [0.3, 0.4) is 0 Å². The van der Waals surface area contributed by atoms with Crippen LogP contribution in [0.4, 0.5) is 0 Å². The van der Waals surface area contributed by atoms with Crippen molar-refractivity contribution in [3.8, 4) is 17.2 Å². The zero-order valence-corrected chi connectivity index (χ0v) is 14.3. The van der Waals surface area contributed by atoms with Crippen LogP contribution in [0.5, 0.6) is 17.2 Å². The molecule has 1 aliphatic rings. The summed E-state index contributed by atoms with van der Waals surface area (Å²) < 4.78 is 12.1. The fourth-order valence-electron chi connectivity index (χ4n) is 2.55. The van der Waals surface area contributed by atoms with Gasteiger partial charge in [-0.25, -0.2) is 0 Å². The Morgan fingerprint density at radius 1 is 1.19 bits per heavy atom. The third kappa shape index (κ3) is 2.90. The van der Waals surface area contributed by atoms with Gasteiger partial charge in [-0.3, -0.25) is 0 Å². The van der Waals surface area contributed by atoms with Crippen LogP contribution >= 0.6 is 27.5 Å². The predicted molar refractivity (Wildman–Crippen MR) is 89.0 cm³/mol. The molecular formula is C17H16BrClO2. The topological polar surface area (TPSA) is 18.5 Å². The molecule has 1 heterocycles. The van der Waals surface area contributed by atoms with Gasteiger partial charge in [-0.05, 0) is 32.0 Å². The summed E-state index contributed by atoms with van der Waals surface area (Å²) in [7, 11) is 0. The lowest BCUT2D eigenvalue weighted by molar-refractivity contribution is 0.135. The summed E-state index contributed by atoms with van der Waals surface area (Å²) in [6.07, 6.45) is 0.889. The van der Waals surface area contributed by atoms with E-state index in [1.807, 2.05) is 30.3 Å². The number of fused-ring (bicyclic) bond motifs is 1. The van der Waals surface area contributed by atoms with Crippen molar-refractivity contribution in [3.63, 3.8) is 0 Å². The van der Waals surface area contributed by atoms with E-state index < -0.39 is 0 Å². The molecule has 0 saturated carbocycles. The molecule has 0 N–H and O–H groups in total. The van der Waals surface area contributed by atoms with E-state index in [2.05, 4.69) is 35.8 Å². The summed E-state index contributed by atoms with van der Waals surface area (Å²) in [5.74, 6) is 2.33. The van der Waals surface area contributed by atoms with E-state index in [1.54, 1.807) is 0 Å². The maximum Gasteiger partial charge on any atom is 0.169 e. The van der Waals surface area contributed by atoms with Gasteiger partial charge in [0.15, 0.2) is 11.5 Å². The second-order valence-electron chi connectivity index (χ2n) is 5.74. The number of halogens is 2. The van der Waals surface area contributed by atoms with E-state index in [4.69, 9.17) is 21.1 Å². The van der Waals surface area contributed by atoms with Crippen LogP contribution in [0.15, 0.2) is 36.4 Å². The number of benzene rings is 2. The number of hydrogen-bond acceptors (Lipinski definition) is 2. The zero-order chi connectivity index (χ0) is 15.0. The molecule has 0 bridgehead atoms. The molecule has 4 heteroatoms. The van der Waals surface area contributed by atoms with Crippen molar-refractivity contribution in [2.75, 3.05) is 0 Å². The largest absolute Gasteiger partial charge is 0.483 e. The van der Waals surface area contributed by atoms with Crippen LogP contribution in [-0.4, -0.2) is 5.60 Å². The van der Waals surface area contributed by atoms with E-state index in [1.165, 1.54) is 5.56 Å². The molecule has 110 valence electrons. The first kappa shape index (κ1) is 14.7. The molecule has 2 aromatic carbocycles. The van der Waals surface area contributed by atoms with Crippen molar-refractivity contribution in [3.05, 3.63) is 52.5 Å². The molecule has 0 unspecified atom stereocenters. The summed E-state index contributed by atoms with van der Waals surface area (Å²) in [4.78, 5) is 0. The molecule has 0 spiro atoms. The van der Waals surface area contributed by atoms with Crippen molar-refractivity contribution >= 4 is 27.5 Å². The lowest BCUT2D eigenvalue weighted by Crippen LogP contribution is -2.24. The Bertz CT molecular complexity index is 682. The normalized spacial score (nSPS) is 15.4. The van der Waals surface area contributed by atoms with Gasteiger partial charge in [-0.1, -0.05) is 45.7 Å². The Balaban J connectivity index is 1.98. The Morgan fingerprint density at radius 3 is 2.67 bits per heavy atom. The molecule has 1 aliphatic heterocycles. The van der Waals surface area contributed by atoms with Gasteiger partial charge >= 0.3 is 0 Å². The monoisotopic (exact) mass is 366 g/mol. The van der Waals surface area contributed by atoms with Crippen LogP contribution < -0.4 is 9.47 Å². The van der Waals surface area contributed by atoms with Gasteiger partial charge < -0.3 is 9.47 Å². The minimum Gasteiger partial charge on any atom is -0.483 e. The Hall–Kier alpha value is -1.19. The lowest BCUT2D eigenvalue weighted by atomic mass is 10.0. The summed E-state index contributed by atoms with van der Waals surface area (Å²) in [5, 5.41) is 1.34. The van der Waals surface area contributed by atoms with Crippen LogP contribution in [0.25, 0.3) is 0 Å². The summed E-state index contributed by atoms with van der Waals surface area (Å²) in [6, 6.07) is 11.7. The van der Waals surface area contributed by atoms with Crippen LogP contribution in [0.2, 0.25) is 5.02 Å². The number of rotatable bonds is 3. The van der Waals surface area contributed by atoms with E-state index >= 15 is 0 Å². The number of ether oxygens (including phenoxy) is 2. The van der Waals surface area contributed by atoms with Crippen molar-refractivity contribution < 1.29 is 9.47 Å².